The van der Waals surface area contributed by atoms with Gasteiger partial charge >= 0.3 is 23.9 Å². The molecule has 16 heteroatoms. The highest BCUT2D eigenvalue weighted by Crippen LogP contribution is 2.34. The minimum Gasteiger partial charge on any atom is -0.497 e. The fraction of sp³-hybridized carbons (Fsp3) is 0.423. The molecule has 1 aromatic heterocycles. The van der Waals surface area contributed by atoms with E-state index in [9.17, 15) is 24.0 Å². The number of nitrogen functional groups attached to an aromatic ring is 1. The molecule has 0 aliphatic carbocycles. The SMILES string of the molecule is COc1ccc(/C=C/c2nn([C@@H]3O[C@@H](COC(C)=O)[C@@H](OC(C)=O)[C@@H](OC(C)=O)[C@H]3OC(C)=O)c(=S)n(N)c2=O)cc1. The number of hydrogen-bond acceptors (Lipinski definition) is 14. The van der Waals surface area contributed by atoms with Crippen LogP contribution in [0.3, 0.4) is 0 Å². The predicted molar refractivity (Wildman–Crippen MR) is 147 cm³/mol. The molecule has 1 aliphatic heterocycles. The van der Waals surface area contributed by atoms with E-state index in [2.05, 4.69) is 5.10 Å². The Morgan fingerprint density at radius 1 is 0.929 bits per heavy atom. The summed E-state index contributed by atoms with van der Waals surface area (Å²) in [6, 6.07) is 6.92. The number of nitrogens with two attached hydrogens (primary N) is 1. The number of hydrogen-bond donors (Lipinski definition) is 1. The predicted octanol–water partition coefficient (Wildman–Crippen LogP) is 0.923. The van der Waals surface area contributed by atoms with E-state index < -0.39 is 66.7 Å². The summed E-state index contributed by atoms with van der Waals surface area (Å²) in [5.41, 5.74) is -0.247. The van der Waals surface area contributed by atoms with E-state index in [0.29, 0.717) is 16.0 Å². The molecule has 3 rings (SSSR count). The second-order valence-corrected chi connectivity index (χ2v) is 9.35. The van der Waals surface area contributed by atoms with Crippen LogP contribution in [0.4, 0.5) is 0 Å². The lowest BCUT2D eigenvalue weighted by atomic mass is 9.97. The third-order valence-corrected chi connectivity index (χ3v) is 6.20. The van der Waals surface area contributed by atoms with Crippen molar-refractivity contribution in [2.75, 3.05) is 19.6 Å². The molecule has 5 atom stereocenters. The maximum Gasteiger partial charge on any atom is 0.303 e. The van der Waals surface area contributed by atoms with Gasteiger partial charge in [-0.2, -0.15) is 9.77 Å². The number of aromatic nitrogens is 3. The molecule has 2 N–H and O–H groups in total. The molecule has 15 nitrogen and oxygen atoms in total. The molecule has 2 aromatic rings. The second-order valence-electron chi connectivity index (χ2n) is 8.98. The number of methoxy groups -OCH3 is 1. The van der Waals surface area contributed by atoms with Gasteiger partial charge in [0, 0.05) is 27.7 Å². The van der Waals surface area contributed by atoms with Crippen molar-refractivity contribution in [3.63, 3.8) is 0 Å². The van der Waals surface area contributed by atoms with Gasteiger partial charge in [0.25, 0.3) is 5.56 Å². The average Bonchev–Trinajstić information content (AvgIpc) is 2.92. The van der Waals surface area contributed by atoms with E-state index in [-0.39, 0.29) is 10.5 Å². The number of benzene rings is 1. The Morgan fingerprint density at radius 3 is 2.05 bits per heavy atom. The Labute approximate surface area is 244 Å². The van der Waals surface area contributed by atoms with Crippen molar-refractivity contribution in [1.82, 2.24) is 14.5 Å². The van der Waals surface area contributed by atoms with Crippen LogP contribution >= 0.6 is 12.2 Å². The van der Waals surface area contributed by atoms with E-state index in [1.54, 1.807) is 30.3 Å². The third-order valence-electron chi connectivity index (χ3n) is 5.81. The van der Waals surface area contributed by atoms with Gasteiger partial charge in [-0.1, -0.05) is 18.2 Å². The highest BCUT2D eigenvalue weighted by Gasteiger charge is 2.53. The Bertz CT molecular complexity index is 1480. The summed E-state index contributed by atoms with van der Waals surface area (Å²) in [5, 5.41) is 4.31. The van der Waals surface area contributed by atoms with Crippen LogP contribution in [0, 0.1) is 4.77 Å². The van der Waals surface area contributed by atoms with Crippen LogP contribution in [0.1, 0.15) is 45.2 Å². The van der Waals surface area contributed by atoms with Crippen LogP contribution in [-0.2, 0) is 42.9 Å². The van der Waals surface area contributed by atoms with Crippen LogP contribution in [0.5, 0.6) is 5.75 Å². The molecule has 0 saturated carbocycles. The molecule has 1 aromatic carbocycles. The lowest BCUT2D eigenvalue weighted by Crippen LogP contribution is -2.61. The van der Waals surface area contributed by atoms with E-state index in [4.69, 9.17) is 46.5 Å². The van der Waals surface area contributed by atoms with Gasteiger partial charge < -0.3 is 34.3 Å². The Hall–Kier alpha value is -4.57. The second kappa shape index (κ2) is 13.9. The van der Waals surface area contributed by atoms with Gasteiger partial charge in [0.1, 0.15) is 18.5 Å². The van der Waals surface area contributed by atoms with E-state index in [0.717, 1.165) is 32.4 Å². The number of nitrogens with zero attached hydrogens (tertiary/aromatic N) is 3. The van der Waals surface area contributed by atoms with Crippen LogP contribution in [0.15, 0.2) is 29.1 Å². The zero-order chi connectivity index (χ0) is 31.1. The minimum absolute atomic E-state index is 0.185. The van der Waals surface area contributed by atoms with E-state index in [1.165, 1.54) is 13.2 Å². The number of ether oxygens (including phenoxy) is 6. The van der Waals surface area contributed by atoms with Crippen molar-refractivity contribution in [3.8, 4) is 5.75 Å². The molecule has 0 bridgehead atoms. The summed E-state index contributed by atoms with van der Waals surface area (Å²) in [4.78, 5) is 60.8. The molecule has 0 spiro atoms. The van der Waals surface area contributed by atoms with Crippen molar-refractivity contribution in [3.05, 3.63) is 50.6 Å². The van der Waals surface area contributed by atoms with Gasteiger partial charge in [0.05, 0.1) is 7.11 Å². The van der Waals surface area contributed by atoms with Crippen molar-refractivity contribution >= 4 is 48.2 Å². The smallest absolute Gasteiger partial charge is 0.303 e. The monoisotopic (exact) mass is 606 g/mol. The average molecular weight is 607 g/mol. The van der Waals surface area contributed by atoms with E-state index in [1.807, 2.05) is 0 Å². The summed E-state index contributed by atoms with van der Waals surface area (Å²) in [7, 11) is 1.53. The molecule has 0 amide bonds. The number of esters is 4. The lowest BCUT2D eigenvalue weighted by molar-refractivity contribution is -0.271. The maximum absolute atomic E-state index is 12.9. The van der Waals surface area contributed by atoms with Crippen molar-refractivity contribution in [2.24, 2.45) is 0 Å². The van der Waals surface area contributed by atoms with E-state index >= 15 is 0 Å². The molecule has 0 radical (unpaired) electrons. The van der Waals surface area contributed by atoms with Crippen LogP contribution < -0.4 is 16.1 Å². The summed E-state index contributed by atoms with van der Waals surface area (Å²) in [6.45, 7) is 3.97. The van der Waals surface area contributed by atoms with Crippen LogP contribution in [0.2, 0.25) is 0 Å². The highest BCUT2D eigenvalue weighted by atomic mass is 32.1. The molecule has 1 aliphatic rings. The van der Waals surface area contributed by atoms with Gasteiger partial charge in [-0.3, -0.25) is 24.0 Å². The lowest BCUT2D eigenvalue weighted by Gasteiger charge is -2.44. The molecule has 2 heterocycles. The van der Waals surface area contributed by atoms with Gasteiger partial charge in [-0.25, -0.2) is 4.68 Å². The first-order chi connectivity index (χ1) is 19.8. The molecule has 1 saturated heterocycles. The van der Waals surface area contributed by atoms with Gasteiger partial charge in [0.15, 0.2) is 30.2 Å². The molecular formula is C26H30N4O11S. The largest absolute Gasteiger partial charge is 0.497 e. The Balaban J connectivity index is 2.17. The molecular weight excluding hydrogens is 576 g/mol. The minimum atomic E-state index is -1.51. The highest BCUT2D eigenvalue weighted by molar-refractivity contribution is 7.71. The van der Waals surface area contributed by atoms with Crippen LogP contribution in [-0.4, -0.2) is 76.5 Å². The van der Waals surface area contributed by atoms with Crippen molar-refractivity contribution in [1.29, 1.82) is 0 Å². The summed E-state index contributed by atoms with van der Waals surface area (Å²) >= 11 is 5.37. The fourth-order valence-electron chi connectivity index (χ4n) is 4.09. The molecule has 1 fully saturated rings. The zero-order valence-corrected chi connectivity index (χ0v) is 24.2. The topological polar surface area (TPSA) is 190 Å². The standard InChI is InChI=1S/C26H30N4O11S/c1-13(31)37-12-20-21(38-14(2)32)22(39-15(3)33)23(40-16(4)34)25(41-20)30-26(42)29(27)24(35)19(28-30)11-8-17-6-9-18(36-5)10-7-17/h6-11,20-23,25H,12,27H2,1-5H3/b11-8+/t20-,21+,22+,23+,25+/m0/s1. The first-order valence-corrected chi connectivity index (χ1v) is 12.9. The summed E-state index contributed by atoms with van der Waals surface area (Å²) in [5.74, 6) is 3.51. The number of carbonyl (C=O) groups is 4. The zero-order valence-electron chi connectivity index (χ0n) is 23.4. The summed E-state index contributed by atoms with van der Waals surface area (Å²) in [6.07, 6.45) is -4.18. The van der Waals surface area contributed by atoms with Gasteiger partial charge in [0.2, 0.25) is 4.77 Å². The van der Waals surface area contributed by atoms with Crippen molar-refractivity contribution < 1.29 is 47.6 Å². The fourth-order valence-corrected chi connectivity index (χ4v) is 4.31. The first kappa shape index (κ1) is 32.0. The Kier molecular flexibility index (Phi) is 10.5. The molecule has 226 valence electrons. The third kappa shape index (κ3) is 7.79. The number of carbonyl (C=O) groups excluding carboxylic acids is 4. The Morgan fingerprint density at radius 2 is 1.50 bits per heavy atom. The summed E-state index contributed by atoms with van der Waals surface area (Å²) < 4.78 is 33.8. The number of rotatable bonds is 9. The first-order valence-electron chi connectivity index (χ1n) is 12.5. The maximum atomic E-state index is 12.9. The van der Waals surface area contributed by atoms with Crippen LogP contribution in [0.25, 0.3) is 12.2 Å². The van der Waals surface area contributed by atoms with Gasteiger partial charge in [-0.05, 0) is 36.0 Å². The normalized spacial score (nSPS) is 21.8. The quantitative estimate of drug-likeness (QED) is 0.183. The molecule has 0 unspecified atom stereocenters. The van der Waals surface area contributed by atoms with Gasteiger partial charge in [-0.15, -0.1) is 0 Å². The molecule has 42 heavy (non-hydrogen) atoms. The van der Waals surface area contributed by atoms with Crippen molar-refractivity contribution in [2.45, 2.75) is 58.3 Å².